The first kappa shape index (κ1) is 25.6. The fraction of sp³-hybridized carbons (Fsp3) is 0.593. The van der Waals surface area contributed by atoms with Gasteiger partial charge in [-0.25, -0.2) is 8.78 Å². The molecule has 0 aromatic heterocycles. The maximum absolute atomic E-state index is 13.5. The van der Waals surface area contributed by atoms with Crippen LogP contribution in [-0.4, -0.2) is 86.8 Å². The van der Waals surface area contributed by atoms with Crippen LogP contribution in [-0.2, 0) is 16.0 Å². The number of hydrazone groups is 1. The minimum atomic E-state index is -2.40. The number of amides is 1. The molecule has 1 saturated heterocycles. The number of carbonyl (C=O) groups excluding carboxylic acids is 1. The third-order valence-corrected chi connectivity index (χ3v) is 7.84. The lowest BCUT2D eigenvalue weighted by Crippen LogP contribution is -2.47. The Balaban J connectivity index is 1.48. The highest BCUT2D eigenvalue weighted by atomic mass is 19.3. The molecule has 0 saturated carbocycles. The highest BCUT2D eigenvalue weighted by Gasteiger charge is 2.34. The van der Waals surface area contributed by atoms with Crippen LogP contribution in [0.2, 0.25) is 0 Å². The van der Waals surface area contributed by atoms with Crippen molar-refractivity contribution in [1.29, 1.82) is 5.41 Å². The first-order valence-electron chi connectivity index (χ1n) is 13.1. The van der Waals surface area contributed by atoms with Crippen molar-refractivity contribution in [2.24, 2.45) is 11.0 Å². The van der Waals surface area contributed by atoms with Crippen molar-refractivity contribution >= 4 is 23.6 Å². The molecular weight excluding hydrogens is 478 g/mol. The van der Waals surface area contributed by atoms with Gasteiger partial charge in [-0.2, -0.15) is 5.10 Å². The molecule has 4 aliphatic rings. The van der Waals surface area contributed by atoms with Gasteiger partial charge in [-0.15, -0.1) is 0 Å². The molecule has 3 atom stereocenters. The topological polar surface area (TPSA) is 84.3 Å². The number of benzene rings is 1. The van der Waals surface area contributed by atoms with Crippen molar-refractivity contribution in [1.82, 2.24) is 15.2 Å². The Labute approximate surface area is 216 Å². The van der Waals surface area contributed by atoms with E-state index in [0.717, 1.165) is 41.1 Å². The number of hydrogen-bond acceptors (Lipinski definition) is 6. The molecule has 4 aliphatic heterocycles. The van der Waals surface area contributed by atoms with Gasteiger partial charge < -0.3 is 19.9 Å². The van der Waals surface area contributed by atoms with Gasteiger partial charge >= 0.3 is 0 Å². The lowest BCUT2D eigenvalue weighted by Gasteiger charge is -2.40. The normalized spacial score (nSPS) is 25.8. The minimum Gasteiger partial charge on any atom is -0.383 e. The van der Waals surface area contributed by atoms with Gasteiger partial charge in [0, 0.05) is 82.1 Å². The summed E-state index contributed by atoms with van der Waals surface area (Å²) in [5.41, 5.74) is 4.70. The van der Waals surface area contributed by atoms with Crippen LogP contribution in [0, 0.1) is 11.3 Å². The molecule has 0 radical (unpaired) electrons. The molecule has 10 heteroatoms. The van der Waals surface area contributed by atoms with Crippen LogP contribution in [0.1, 0.15) is 43.2 Å². The number of nitrogens with one attached hydrogen (secondary N) is 2. The molecule has 4 heterocycles. The average molecular weight is 515 g/mol. The number of anilines is 1. The Bertz CT molecular complexity index is 1100. The zero-order chi connectivity index (χ0) is 26.1. The van der Waals surface area contributed by atoms with E-state index in [0.29, 0.717) is 45.7 Å². The molecule has 0 aliphatic carbocycles. The number of alkyl halides is 2. The summed E-state index contributed by atoms with van der Waals surface area (Å²) in [4.78, 5) is 15.9. The average Bonchev–Trinajstić information content (AvgIpc) is 3.54. The number of likely N-dealkylation sites (N-methyl/N-ethyl adjacent to an activating group) is 1. The van der Waals surface area contributed by atoms with Gasteiger partial charge in [0.15, 0.2) is 0 Å². The molecule has 0 bridgehead atoms. The molecular formula is C27H36F2N6O2. The van der Waals surface area contributed by atoms with Crippen LogP contribution < -0.4 is 10.2 Å². The van der Waals surface area contributed by atoms with Crippen molar-refractivity contribution < 1.29 is 18.3 Å². The number of amidine groups is 1. The Morgan fingerprint density at radius 2 is 2.16 bits per heavy atom. The standard InChI is InChI=1S/C27H36F2N6O2/c1-17(36)34-7-5-24(32-22-6-8-37-16-22)23(15-34)27(30)35-13-18(10-26(28)29)9-20-11-19(3-4-25(20)35)21-12-31-33(2)14-21/h3-4,11-12,18,21-22,26,30,32H,5-10,13-16H2,1-2H3/t18-,21?,22-/m0/s1. The molecule has 1 aromatic rings. The second kappa shape index (κ2) is 10.8. The van der Waals surface area contributed by atoms with Gasteiger partial charge in [-0.3, -0.25) is 15.2 Å². The number of halogens is 2. The molecule has 0 spiro atoms. The quantitative estimate of drug-likeness (QED) is 0.450. The zero-order valence-corrected chi connectivity index (χ0v) is 21.6. The van der Waals surface area contributed by atoms with E-state index in [1.54, 1.807) is 11.8 Å². The van der Waals surface area contributed by atoms with E-state index in [9.17, 15) is 19.0 Å². The summed E-state index contributed by atoms with van der Waals surface area (Å²) in [5, 5.41) is 19.1. The third-order valence-electron chi connectivity index (χ3n) is 7.84. The van der Waals surface area contributed by atoms with Gasteiger partial charge in [0.25, 0.3) is 0 Å². The summed E-state index contributed by atoms with van der Waals surface area (Å²) < 4.78 is 32.5. The number of hydrogen-bond donors (Lipinski definition) is 2. The first-order valence-corrected chi connectivity index (χ1v) is 13.1. The number of carbonyl (C=O) groups is 1. The van der Waals surface area contributed by atoms with Crippen LogP contribution >= 0.6 is 0 Å². The predicted molar refractivity (Wildman–Crippen MR) is 139 cm³/mol. The Morgan fingerprint density at radius 1 is 1.32 bits per heavy atom. The predicted octanol–water partition coefficient (Wildman–Crippen LogP) is 3.20. The van der Waals surface area contributed by atoms with Gasteiger partial charge in [-0.1, -0.05) is 12.1 Å². The number of ether oxygens (including phenoxy) is 1. The van der Waals surface area contributed by atoms with Crippen LogP contribution in [0.3, 0.4) is 0 Å². The Kier molecular flexibility index (Phi) is 7.46. The first-order chi connectivity index (χ1) is 17.8. The molecule has 1 unspecified atom stereocenters. The molecule has 200 valence electrons. The molecule has 1 fully saturated rings. The lowest BCUT2D eigenvalue weighted by atomic mass is 9.86. The summed E-state index contributed by atoms with van der Waals surface area (Å²) in [5.74, 6) is 0.141. The minimum absolute atomic E-state index is 0.0315. The van der Waals surface area contributed by atoms with Crippen molar-refractivity contribution in [2.45, 2.75) is 51.0 Å². The monoisotopic (exact) mass is 514 g/mol. The second-order valence-electron chi connectivity index (χ2n) is 10.6. The summed E-state index contributed by atoms with van der Waals surface area (Å²) in [6.07, 6.45) is 1.40. The fourth-order valence-corrected chi connectivity index (χ4v) is 5.85. The molecule has 8 nitrogen and oxygen atoms in total. The van der Waals surface area contributed by atoms with Crippen molar-refractivity contribution in [3.8, 4) is 0 Å². The van der Waals surface area contributed by atoms with E-state index in [2.05, 4.69) is 22.6 Å². The van der Waals surface area contributed by atoms with Gasteiger partial charge in [0.05, 0.1) is 19.2 Å². The number of fused-ring (bicyclic) bond motifs is 1. The Morgan fingerprint density at radius 3 is 2.84 bits per heavy atom. The summed E-state index contributed by atoms with van der Waals surface area (Å²) in [6.45, 7) is 4.93. The van der Waals surface area contributed by atoms with E-state index >= 15 is 0 Å². The Hall–Kier alpha value is -3.01. The molecule has 1 amide bonds. The van der Waals surface area contributed by atoms with E-state index in [-0.39, 0.29) is 36.0 Å². The fourth-order valence-electron chi connectivity index (χ4n) is 5.85. The van der Waals surface area contributed by atoms with Crippen molar-refractivity contribution in [2.75, 3.05) is 51.3 Å². The van der Waals surface area contributed by atoms with Gasteiger partial charge in [-0.05, 0) is 36.0 Å². The van der Waals surface area contributed by atoms with Crippen LogP contribution in [0.4, 0.5) is 14.5 Å². The number of rotatable bonds is 6. The largest absolute Gasteiger partial charge is 0.383 e. The van der Waals surface area contributed by atoms with Crippen LogP contribution in [0.15, 0.2) is 34.6 Å². The molecule has 2 N–H and O–H groups in total. The van der Waals surface area contributed by atoms with Crippen molar-refractivity contribution in [3.05, 3.63) is 40.6 Å². The highest BCUT2D eigenvalue weighted by molar-refractivity contribution is 6.09. The maximum Gasteiger partial charge on any atom is 0.239 e. The van der Waals surface area contributed by atoms with E-state index in [1.807, 2.05) is 29.2 Å². The second-order valence-corrected chi connectivity index (χ2v) is 10.6. The summed E-state index contributed by atoms with van der Waals surface area (Å²) >= 11 is 0. The SMILES string of the molecule is CC(=O)N1CCC(N[C@H]2CCOC2)=C(C(=N)N2C[C@H](CC(F)F)Cc3cc(C4C=NN(C)C4)ccc32)C1. The van der Waals surface area contributed by atoms with Gasteiger partial charge in [0.1, 0.15) is 5.84 Å². The third kappa shape index (κ3) is 5.63. The summed E-state index contributed by atoms with van der Waals surface area (Å²) in [7, 11) is 1.93. The highest BCUT2D eigenvalue weighted by Crippen LogP contribution is 2.36. The van der Waals surface area contributed by atoms with Crippen LogP contribution in [0.25, 0.3) is 0 Å². The van der Waals surface area contributed by atoms with Crippen LogP contribution in [0.5, 0.6) is 0 Å². The van der Waals surface area contributed by atoms with Gasteiger partial charge in [0.2, 0.25) is 12.3 Å². The molecule has 1 aromatic carbocycles. The van der Waals surface area contributed by atoms with E-state index < -0.39 is 6.43 Å². The van der Waals surface area contributed by atoms with E-state index in [1.165, 1.54) is 0 Å². The molecule has 5 rings (SSSR count). The van der Waals surface area contributed by atoms with E-state index in [4.69, 9.17) is 4.74 Å². The number of nitrogens with zero attached hydrogens (tertiary/aromatic N) is 4. The smallest absolute Gasteiger partial charge is 0.239 e. The lowest BCUT2D eigenvalue weighted by molar-refractivity contribution is -0.128. The molecule has 37 heavy (non-hydrogen) atoms. The van der Waals surface area contributed by atoms with Crippen molar-refractivity contribution in [3.63, 3.8) is 0 Å². The maximum atomic E-state index is 13.5. The zero-order valence-electron chi connectivity index (χ0n) is 21.6. The summed E-state index contributed by atoms with van der Waals surface area (Å²) in [6, 6.07) is 6.37.